The highest BCUT2D eigenvalue weighted by Gasteiger charge is 2.20. The van der Waals surface area contributed by atoms with Crippen molar-refractivity contribution >= 4 is 16.7 Å². The van der Waals surface area contributed by atoms with Gasteiger partial charge in [-0.05, 0) is 54.8 Å². The van der Waals surface area contributed by atoms with Crippen molar-refractivity contribution in [3.8, 4) is 11.5 Å². The SMILES string of the molecule is CC[C@H](Oc1ccc2ccccc2c1)C(=O)N[C@@H](C)COc1ccccc1C. The number of carbonyl (C=O) groups excluding carboxylic acids is 1. The Balaban J connectivity index is 1.57. The average molecular weight is 377 g/mol. The molecule has 0 spiro atoms. The van der Waals surface area contributed by atoms with Crippen molar-refractivity contribution < 1.29 is 14.3 Å². The van der Waals surface area contributed by atoms with Gasteiger partial charge in [0.2, 0.25) is 0 Å². The van der Waals surface area contributed by atoms with E-state index in [-0.39, 0.29) is 11.9 Å². The van der Waals surface area contributed by atoms with Crippen molar-refractivity contribution in [2.45, 2.75) is 39.3 Å². The molecule has 4 nitrogen and oxygen atoms in total. The number of amides is 1. The Morgan fingerprint density at radius 2 is 1.71 bits per heavy atom. The molecule has 1 amide bonds. The zero-order valence-corrected chi connectivity index (χ0v) is 16.6. The quantitative estimate of drug-likeness (QED) is 0.608. The number of para-hydroxylation sites is 1. The first kappa shape index (κ1) is 19.7. The molecule has 4 heteroatoms. The van der Waals surface area contributed by atoms with Crippen LogP contribution in [0.4, 0.5) is 0 Å². The normalized spacial score (nSPS) is 13.0. The Bertz CT molecular complexity index is 938. The summed E-state index contributed by atoms with van der Waals surface area (Å²) in [4.78, 5) is 12.6. The topological polar surface area (TPSA) is 47.6 Å². The zero-order chi connectivity index (χ0) is 19.9. The third-order valence-electron chi connectivity index (χ3n) is 4.63. The minimum atomic E-state index is -0.540. The van der Waals surface area contributed by atoms with Gasteiger partial charge in [0.25, 0.3) is 5.91 Å². The third-order valence-corrected chi connectivity index (χ3v) is 4.63. The van der Waals surface area contributed by atoms with Crippen LogP contribution in [0.15, 0.2) is 66.7 Å². The third kappa shape index (κ3) is 5.03. The molecule has 1 N–H and O–H groups in total. The Kier molecular flexibility index (Phi) is 6.53. The predicted molar refractivity (Wildman–Crippen MR) is 113 cm³/mol. The number of carbonyl (C=O) groups is 1. The van der Waals surface area contributed by atoms with Gasteiger partial charge in [-0.3, -0.25) is 4.79 Å². The highest BCUT2D eigenvalue weighted by molar-refractivity contribution is 5.84. The second kappa shape index (κ2) is 9.27. The number of fused-ring (bicyclic) bond motifs is 1. The number of hydrogen-bond donors (Lipinski definition) is 1. The van der Waals surface area contributed by atoms with Crippen molar-refractivity contribution in [2.75, 3.05) is 6.61 Å². The fourth-order valence-electron chi connectivity index (χ4n) is 3.04. The lowest BCUT2D eigenvalue weighted by Gasteiger charge is -2.21. The van der Waals surface area contributed by atoms with E-state index in [4.69, 9.17) is 9.47 Å². The van der Waals surface area contributed by atoms with E-state index in [1.54, 1.807) is 0 Å². The standard InChI is InChI=1S/C24H27NO3/c1-4-22(28-21-14-13-19-10-6-7-11-20(19)15-21)24(26)25-18(3)16-27-23-12-8-5-9-17(23)2/h5-15,18,22H,4,16H2,1-3H3,(H,25,26)/t18-,22-/m0/s1. The molecule has 146 valence electrons. The van der Waals surface area contributed by atoms with Crippen LogP contribution in [0.25, 0.3) is 10.8 Å². The van der Waals surface area contributed by atoms with E-state index in [0.29, 0.717) is 18.8 Å². The first-order valence-corrected chi connectivity index (χ1v) is 9.71. The van der Waals surface area contributed by atoms with E-state index in [9.17, 15) is 4.79 Å². The van der Waals surface area contributed by atoms with E-state index in [0.717, 1.165) is 22.1 Å². The molecule has 3 aromatic carbocycles. The van der Waals surface area contributed by atoms with E-state index >= 15 is 0 Å². The molecular weight excluding hydrogens is 350 g/mol. The Morgan fingerprint density at radius 1 is 1.00 bits per heavy atom. The summed E-state index contributed by atoms with van der Waals surface area (Å²) in [5, 5.41) is 5.23. The number of hydrogen-bond acceptors (Lipinski definition) is 3. The van der Waals surface area contributed by atoms with Gasteiger partial charge >= 0.3 is 0 Å². The smallest absolute Gasteiger partial charge is 0.261 e. The number of benzene rings is 3. The fraction of sp³-hybridized carbons (Fsp3) is 0.292. The van der Waals surface area contributed by atoms with Gasteiger partial charge in [-0.1, -0.05) is 55.5 Å². The lowest BCUT2D eigenvalue weighted by molar-refractivity contribution is -0.128. The Hall–Kier alpha value is -3.01. The van der Waals surface area contributed by atoms with Gasteiger partial charge in [-0.15, -0.1) is 0 Å². The largest absolute Gasteiger partial charge is 0.491 e. The summed E-state index contributed by atoms with van der Waals surface area (Å²) in [5.74, 6) is 1.41. The van der Waals surface area contributed by atoms with E-state index < -0.39 is 6.10 Å². The molecule has 3 aromatic rings. The van der Waals surface area contributed by atoms with Crippen LogP contribution < -0.4 is 14.8 Å². The molecular formula is C24H27NO3. The molecule has 0 heterocycles. The summed E-state index contributed by atoms with van der Waals surface area (Å²) in [7, 11) is 0. The molecule has 0 saturated carbocycles. The van der Waals surface area contributed by atoms with Crippen molar-refractivity contribution in [1.29, 1.82) is 0 Å². The maximum atomic E-state index is 12.6. The van der Waals surface area contributed by atoms with Crippen LogP contribution in [0.5, 0.6) is 11.5 Å². The maximum absolute atomic E-state index is 12.6. The molecule has 0 aliphatic carbocycles. The molecule has 28 heavy (non-hydrogen) atoms. The summed E-state index contributed by atoms with van der Waals surface area (Å²) in [6, 6.07) is 21.7. The zero-order valence-electron chi connectivity index (χ0n) is 16.6. The van der Waals surface area contributed by atoms with Crippen LogP contribution in [0.2, 0.25) is 0 Å². The van der Waals surface area contributed by atoms with Crippen LogP contribution in [-0.4, -0.2) is 24.7 Å². The van der Waals surface area contributed by atoms with Gasteiger partial charge in [-0.2, -0.15) is 0 Å². The second-order valence-electron chi connectivity index (χ2n) is 7.01. The second-order valence-corrected chi connectivity index (χ2v) is 7.01. The highest BCUT2D eigenvalue weighted by atomic mass is 16.5. The average Bonchev–Trinajstić information content (AvgIpc) is 2.71. The van der Waals surface area contributed by atoms with Crippen LogP contribution in [0, 0.1) is 6.92 Å². The molecule has 0 aliphatic heterocycles. The Labute approximate surface area is 166 Å². The van der Waals surface area contributed by atoms with Gasteiger partial charge in [0.1, 0.15) is 18.1 Å². The van der Waals surface area contributed by atoms with E-state index in [1.807, 2.05) is 81.4 Å². The van der Waals surface area contributed by atoms with Gasteiger partial charge in [0.15, 0.2) is 6.10 Å². The number of aryl methyl sites for hydroxylation is 1. The van der Waals surface area contributed by atoms with Crippen LogP contribution >= 0.6 is 0 Å². The molecule has 0 unspecified atom stereocenters. The van der Waals surface area contributed by atoms with Crippen molar-refractivity contribution in [3.05, 3.63) is 72.3 Å². The molecule has 2 atom stereocenters. The first-order chi connectivity index (χ1) is 13.6. The molecule has 0 aliphatic rings. The summed E-state index contributed by atoms with van der Waals surface area (Å²) in [6.45, 7) is 6.28. The number of ether oxygens (including phenoxy) is 2. The maximum Gasteiger partial charge on any atom is 0.261 e. The van der Waals surface area contributed by atoms with Gasteiger partial charge in [0.05, 0.1) is 6.04 Å². The summed E-state index contributed by atoms with van der Waals surface area (Å²) in [6.07, 6.45) is 0.0476. The molecule has 0 bridgehead atoms. The van der Waals surface area contributed by atoms with E-state index in [2.05, 4.69) is 11.4 Å². The fourth-order valence-corrected chi connectivity index (χ4v) is 3.04. The van der Waals surface area contributed by atoms with Crippen molar-refractivity contribution in [3.63, 3.8) is 0 Å². The molecule has 3 rings (SSSR count). The lowest BCUT2D eigenvalue weighted by atomic mass is 10.1. The van der Waals surface area contributed by atoms with Gasteiger partial charge < -0.3 is 14.8 Å². The number of nitrogens with one attached hydrogen (secondary N) is 1. The molecule has 0 fully saturated rings. The minimum Gasteiger partial charge on any atom is -0.491 e. The van der Waals surface area contributed by atoms with Gasteiger partial charge in [-0.25, -0.2) is 0 Å². The van der Waals surface area contributed by atoms with Gasteiger partial charge in [0, 0.05) is 0 Å². The molecule has 0 radical (unpaired) electrons. The summed E-state index contributed by atoms with van der Waals surface area (Å²) >= 11 is 0. The highest BCUT2D eigenvalue weighted by Crippen LogP contribution is 2.22. The predicted octanol–water partition coefficient (Wildman–Crippen LogP) is 4.89. The minimum absolute atomic E-state index is 0.124. The van der Waals surface area contributed by atoms with Crippen molar-refractivity contribution in [2.24, 2.45) is 0 Å². The summed E-state index contributed by atoms with van der Waals surface area (Å²) < 4.78 is 11.8. The lowest BCUT2D eigenvalue weighted by Crippen LogP contribution is -2.44. The summed E-state index contributed by atoms with van der Waals surface area (Å²) in [5.41, 5.74) is 1.08. The Morgan fingerprint density at radius 3 is 2.46 bits per heavy atom. The van der Waals surface area contributed by atoms with Crippen LogP contribution in [0.3, 0.4) is 0 Å². The monoisotopic (exact) mass is 377 g/mol. The van der Waals surface area contributed by atoms with Crippen molar-refractivity contribution in [1.82, 2.24) is 5.32 Å². The van der Waals surface area contributed by atoms with Crippen LogP contribution in [-0.2, 0) is 4.79 Å². The van der Waals surface area contributed by atoms with E-state index in [1.165, 1.54) is 0 Å². The molecule has 0 aromatic heterocycles. The van der Waals surface area contributed by atoms with Crippen LogP contribution in [0.1, 0.15) is 25.8 Å². The number of rotatable bonds is 8. The first-order valence-electron chi connectivity index (χ1n) is 9.71. The molecule has 0 saturated heterocycles.